The Hall–Kier alpha value is -1.80. The second kappa shape index (κ2) is 6.97. The van der Waals surface area contributed by atoms with E-state index in [1.165, 1.54) is 33.4 Å². The average Bonchev–Trinajstić information content (AvgIpc) is 2.45. The minimum atomic E-state index is 0.316. The molecule has 2 aromatic carbocycles. The Morgan fingerprint density at radius 3 is 2.14 bits per heavy atom. The zero-order chi connectivity index (χ0) is 16.3. The largest absolute Gasteiger partial charge is 0.496 e. The van der Waals surface area contributed by atoms with Crippen LogP contribution in [0.5, 0.6) is 5.75 Å². The first-order chi connectivity index (χ1) is 10.5. The predicted octanol–water partition coefficient (Wildman–Crippen LogP) is 4.21. The van der Waals surface area contributed by atoms with E-state index in [9.17, 15) is 0 Å². The second-order valence-electron chi connectivity index (χ2n) is 6.26. The number of nitrogens with two attached hydrogens (primary N) is 1. The van der Waals surface area contributed by atoms with Gasteiger partial charge in [-0.3, -0.25) is 0 Å². The van der Waals surface area contributed by atoms with Gasteiger partial charge in [-0.15, -0.1) is 0 Å². The van der Waals surface area contributed by atoms with E-state index in [4.69, 9.17) is 10.5 Å². The average molecular weight is 297 g/mol. The van der Waals surface area contributed by atoms with E-state index < -0.39 is 0 Å². The molecular weight excluding hydrogens is 270 g/mol. The number of ether oxygens (including phenoxy) is 1. The van der Waals surface area contributed by atoms with Crippen LogP contribution in [0, 0.1) is 27.7 Å². The summed E-state index contributed by atoms with van der Waals surface area (Å²) in [5.41, 5.74) is 14.0. The highest BCUT2D eigenvalue weighted by Gasteiger charge is 2.18. The summed E-state index contributed by atoms with van der Waals surface area (Å²) in [4.78, 5) is 0. The first-order valence-corrected chi connectivity index (χ1v) is 7.87. The van der Waals surface area contributed by atoms with Crippen LogP contribution in [-0.4, -0.2) is 13.7 Å². The molecule has 1 atom stereocenters. The maximum absolute atomic E-state index is 6.12. The number of rotatable bonds is 5. The summed E-state index contributed by atoms with van der Waals surface area (Å²) in [5.74, 6) is 1.27. The van der Waals surface area contributed by atoms with Gasteiger partial charge in [0.25, 0.3) is 0 Å². The predicted molar refractivity (Wildman–Crippen MR) is 93.9 cm³/mol. The van der Waals surface area contributed by atoms with Gasteiger partial charge in [0.05, 0.1) is 7.11 Å². The topological polar surface area (TPSA) is 35.2 Å². The van der Waals surface area contributed by atoms with Crippen LogP contribution in [0.3, 0.4) is 0 Å². The first kappa shape index (κ1) is 16.6. The van der Waals surface area contributed by atoms with Gasteiger partial charge in [0.1, 0.15) is 5.75 Å². The molecule has 0 aliphatic carbocycles. The van der Waals surface area contributed by atoms with Crippen molar-refractivity contribution in [2.75, 3.05) is 13.7 Å². The third-order valence-electron chi connectivity index (χ3n) is 4.33. The van der Waals surface area contributed by atoms with Crippen LogP contribution in [0.4, 0.5) is 0 Å². The Labute approximate surface area is 134 Å². The fourth-order valence-electron chi connectivity index (χ4n) is 3.47. The molecule has 2 aromatic rings. The van der Waals surface area contributed by atoms with Crippen molar-refractivity contribution < 1.29 is 4.74 Å². The van der Waals surface area contributed by atoms with Gasteiger partial charge >= 0.3 is 0 Å². The number of hydrogen-bond donors (Lipinski definition) is 1. The van der Waals surface area contributed by atoms with E-state index in [-0.39, 0.29) is 0 Å². The lowest BCUT2D eigenvalue weighted by Crippen LogP contribution is -2.18. The Morgan fingerprint density at radius 1 is 0.955 bits per heavy atom. The lowest BCUT2D eigenvalue weighted by molar-refractivity contribution is 0.408. The van der Waals surface area contributed by atoms with E-state index in [0.717, 1.165) is 12.2 Å². The van der Waals surface area contributed by atoms with Crippen molar-refractivity contribution in [3.63, 3.8) is 0 Å². The second-order valence-corrected chi connectivity index (χ2v) is 6.26. The number of aryl methyl sites for hydroxylation is 4. The molecule has 2 nitrogen and oxygen atoms in total. The van der Waals surface area contributed by atoms with Gasteiger partial charge in [0, 0.05) is 5.92 Å². The Kier molecular flexibility index (Phi) is 5.25. The van der Waals surface area contributed by atoms with Gasteiger partial charge in [0.15, 0.2) is 0 Å². The van der Waals surface area contributed by atoms with Crippen molar-refractivity contribution >= 4 is 0 Å². The van der Waals surface area contributed by atoms with E-state index in [1.54, 1.807) is 7.11 Å². The number of benzene rings is 2. The van der Waals surface area contributed by atoms with Crippen molar-refractivity contribution in [2.24, 2.45) is 5.73 Å². The lowest BCUT2D eigenvalue weighted by atomic mass is 9.85. The first-order valence-electron chi connectivity index (χ1n) is 7.87. The highest BCUT2D eigenvalue weighted by atomic mass is 16.5. The third kappa shape index (κ3) is 3.50. The van der Waals surface area contributed by atoms with Gasteiger partial charge in [-0.25, -0.2) is 0 Å². The van der Waals surface area contributed by atoms with E-state index >= 15 is 0 Å². The molecule has 0 bridgehead atoms. The van der Waals surface area contributed by atoms with Crippen LogP contribution in [-0.2, 0) is 6.42 Å². The lowest BCUT2D eigenvalue weighted by Gasteiger charge is -2.22. The molecular formula is C20H27NO. The van der Waals surface area contributed by atoms with Crippen LogP contribution >= 0.6 is 0 Å². The summed E-state index contributed by atoms with van der Waals surface area (Å²) in [6, 6.07) is 10.8. The molecule has 22 heavy (non-hydrogen) atoms. The fourth-order valence-corrected chi connectivity index (χ4v) is 3.47. The van der Waals surface area contributed by atoms with E-state index in [1.807, 2.05) is 6.07 Å². The van der Waals surface area contributed by atoms with Crippen molar-refractivity contribution in [1.82, 2.24) is 0 Å². The summed E-state index contributed by atoms with van der Waals surface area (Å²) in [5, 5.41) is 0. The van der Waals surface area contributed by atoms with Gasteiger partial charge in [-0.2, -0.15) is 0 Å². The SMILES string of the molecule is COc1ccc(C)cc1CC(CN)c1c(C)cc(C)cc1C. The summed E-state index contributed by atoms with van der Waals surface area (Å²) in [7, 11) is 1.73. The fraction of sp³-hybridized carbons (Fsp3) is 0.400. The molecule has 118 valence electrons. The number of hydrogen-bond acceptors (Lipinski definition) is 2. The Bertz CT molecular complexity index is 638. The van der Waals surface area contributed by atoms with Crippen LogP contribution in [0.25, 0.3) is 0 Å². The van der Waals surface area contributed by atoms with Crippen LogP contribution in [0.15, 0.2) is 30.3 Å². The third-order valence-corrected chi connectivity index (χ3v) is 4.33. The molecule has 0 saturated carbocycles. The van der Waals surface area contributed by atoms with Gasteiger partial charge in [-0.1, -0.05) is 35.4 Å². The van der Waals surface area contributed by atoms with Gasteiger partial charge < -0.3 is 10.5 Å². The maximum atomic E-state index is 6.12. The molecule has 0 spiro atoms. The Balaban J connectivity index is 2.40. The zero-order valence-electron chi connectivity index (χ0n) is 14.4. The van der Waals surface area contributed by atoms with E-state index in [0.29, 0.717) is 12.5 Å². The standard InChI is InChI=1S/C20H27NO/c1-13-6-7-19(22-5)17(10-13)11-18(12-21)20-15(3)8-14(2)9-16(20)4/h6-10,18H,11-12,21H2,1-5H3. The van der Waals surface area contributed by atoms with Crippen LogP contribution in [0.2, 0.25) is 0 Å². The van der Waals surface area contributed by atoms with Crippen molar-refractivity contribution in [1.29, 1.82) is 0 Å². The molecule has 2 N–H and O–H groups in total. The zero-order valence-corrected chi connectivity index (χ0v) is 14.4. The summed E-state index contributed by atoms with van der Waals surface area (Å²) in [6.07, 6.45) is 0.909. The van der Waals surface area contributed by atoms with Crippen molar-refractivity contribution in [3.05, 3.63) is 63.7 Å². The van der Waals surface area contributed by atoms with Gasteiger partial charge in [0.2, 0.25) is 0 Å². The molecule has 0 radical (unpaired) electrons. The monoisotopic (exact) mass is 297 g/mol. The van der Waals surface area contributed by atoms with E-state index in [2.05, 4.69) is 52.0 Å². The normalized spacial score (nSPS) is 12.3. The quantitative estimate of drug-likeness (QED) is 0.897. The smallest absolute Gasteiger partial charge is 0.122 e. The molecule has 0 amide bonds. The molecule has 0 aliphatic rings. The minimum Gasteiger partial charge on any atom is -0.496 e. The van der Waals surface area contributed by atoms with Crippen LogP contribution in [0.1, 0.15) is 39.3 Å². The molecule has 0 fully saturated rings. The van der Waals surface area contributed by atoms with Crippen LogP contribution < -0.4 is 10.5 Å². The summed E-state index contributed by atoms with van der Waals surface area (Å²) in [6.45, 7) is 9.27. The molecule has 1 unspecified atom stereocenters. The molecule has 0 aromatic heterocycles. The molecule has 2 heteroatoms. The summed E-state index contributed by atoms with van der Waals surface area (Å²) < 4.78 is 5.52. The number of methoxy groups -OCH3 is 1. The van der Waals surface area contributed by atoms with Crippen molar-refractivity contribution in [3.8, 4) is 5.75 Å². The molecule has 2 rings (SSSR count). The molecule has 0 saturated heterocycles. The highest BCUT2D eigenvalue weighted by molar-refractivity contribution is 5.43. The van der Waals surface area contributed by atoms with Gasteiger partial charge in [-0.05, 0) is 69.0 Å². The molecule has 0 heterocycles. The highest BCUT2D eigenvalue weighted by Crippen LogP contribution is 2.31. The summed E-state index contributed by atoms with van der Waals surface area (Å²) >= 11 is 0. The van der Waals surface area contributed by atoms with Crippen molar-refractivity contribution in [2.45, 2.75) is 40.0 Å². The molecule has 0 aliphatic heterocycles. The minimum absolute atomic E-state index is 0.316. The maximum Gasteiger partial charge on any atom is 0.122 e. The Morgan fingerprint density at radius 2 is 1.59 bits per heavy atom.